The zero-order valence-electron chi connectivity index (χ0n) is 17.0. The molecule has 1 amide bonds. The maximum atomic E-state index is 12.3. The summed E-state index contributed by atoms with van der Waals surface area (Å²) in [6.45, 7) is 4.66. The Kier molecular flexibility index (Phi) is 7.32. The van der Waals surface area contributed by atoms with Crippen LogP contribution in [-0.4, -0.2) is 52.9 Å². The predicted molar refractivity (Wildman–Crippen MR) is 115 cm³/mol. The molecule has 0 unspecified atom stereocenters. The van der Waals surface area contributed by atoms with Gasteiger partial charge in [0.25, 0.3) is 5.91 Å². The van der Waals surface area contributed by atoms with E-state index in [-0.39, 0.29) is 5.91 Å². The minimum Gasteiger partial charge on any atom is -0.492 e. The predicted octanol–water partition coefficient (Wildman–Crippen LogP) is 3.63. The van der Waals surface area contributed by atoms with Crippen molar-refractivity contribution in [1.82, 2.24) is 19.8 Å². The molecule has 0 aliphatic rings. The van der Waals surface area contributed by atoms with Crippen LogP contribution in [0, 0.1) is 6.92 Å². The van der Waals surface area contributed by atoms with Crippen LogP contribution in [0.4, 0.5) is 0 Å². The second-order valence-corrected chi connectivity index (χ2v) is 8.05. The smallest absolute Gasteiger partial charge is 0.253 e. The number of aromatic nitrogens is 2. The molecule has 0 bridgehead atoms. The summed E-state index contributed by atoms with van der Waals surface area (Å²) in [5, 5.41) is 3.21. The topological polar surface area (TPSA) is 58.6 Å². The van der Waals surface area contributed by atoms with E-state index in [1.807, 2.05) is 19.1 Å². The maximum absolute atomic E-state index is 12.3. The van der Waals surface area contributed by atoms with Crippen LogP contribution in [-0.2, 0) is 13.1 Å². The highest BCUT2D eigenvalue weighted by atomic mass is 32.1. The van der Waals surface area contributed by atoms with Crippen molar-refractivity contribution in [2.45, 2.75) is 20.0 Å². The Balaban J connectivity index is 1.42. The van der Waals surface area contributed by atoms with E-state index >= 15 is 0 Å². The lowest BCUT2D eigenvalue weighted by atomic mass is 10.2. The van der Waals surface area contributed by atoms with Crippen molar-refractivity contribution < 1.29 is 9.53 Å². The van der Waals surface area contributed by atoms with Crippen molar-refractivity contribution in [2.75, 3.05) is 27.2 Å². The Morgan fingerprint density at radius 2 is 1.79 bits per heavy atom. The Labute approximate surface area is 175 Å². The summed E-state index contributed by atoms with van der Waals surface area (Å²) in [5.41, 5.74) is 2.96. The lowest BCUT2D eigenvalue weighted by Gasteiger charge is -2.18. The maximum Gasteiger partial charge on any atom is 0.253 e. The molecule has 29 heavy (non-hydrogen) atoms. The lowest BCUT2D eigenvalue weighted by molar-refractivity contribution is 0.0773. The monoisotopic (exact) mass is 410 g/mol. The molecule has 0 fully saturated rings. The van der Waals surface area contributed by atoms with Gasteiger partial charge in [0.2, 0.25) is 0 Å². The van der Waals surface area contributed by atoms with Crippen molar-refractivity contribution in [3.8, 4) is 5.75 Å². The molecule has 152 valence electrons. The van der Waals surface area contributed by atoms with Crippen LogP contribution in [0.25, 0.3) is 0 Å². The van der Waals surface area contributed by atoms with Crippen molar-refractivity contribution in [1.29, 1.82) is 0 Å². The van der Waals surface area contributed by atoms with Gasteiger partial charge in [-0.1, -0.05) is 12.1 Å². The van der Waals surface area contributed by atoms with E-state index in [2.05, 4.69) is 39.4 Å². The van der Waals surface area contributed by atoms with Gasteiger partial charge in [-0.3, -0.25) is 14.7 Å². The summed E-state index contributed by atoms with van der Waals surface area (Å²) in [4.78, 5) is 24.6. The summed E-state index contributed by atoms with van der Waals surface area (Å²) in [7, 11) is 3.86. The first-order valence-corrected chi connectivity index (χ1v) is 10.4. The molecule has 0 radical (unpaired) electrons. The van der Waals surface area contributed by atoms with Gasteiger partial charge in [-0.05, 0) is 43.8 Å². The molecule has 7 heteroatoms. The van der Waals surface area contributed by atoms with Gasteiger partial charge in [-0.25, -0.2) is 4.98 Å². The minimum atomic E-state index is -0.0373. The van der Waals surface area contributed by atoms with Crippen LogP contribution in [0.3, 0.4) is 0 Å². The number of aryl methyl sites for hydroxylation is 1. The second kappa shape index (κ2) is 10.1. The number of pyridine rings is 1. The molecule has 0 N–H and O–H groups in total. The average Bonchev–Trinajstić information content (AvgIpc) is 3.13. The SMILES string of the molecule is Cc1nc(CN(C)Cc2ccc(OCCN(C)C(=O)c3ccncc3)cc2)cs1. The van der Waals surface area contributed by atoms with E-state index in [0.29, 0.717) is 18.7 Å². The lowest BCUT2D eigenvalue weighted by Crippen LogP contribution is -2.30. The summed E-state index contributed by atoms with van der Waals surface area (Å²) < 4.78 is 5.79. The van der Waals surface area contributed by atoms with Crippen molar-refractivity contribution >= 4 is 17.2 Å². The Bertz CT molecular complexity index is 912. The Hall–Kier alpha value is -2.77. The Morgan fingerprint density at radius 1 is 1.07 bits per heavy atom. The summed E-state index contributed by atoms with van der Waals surface area (Å²) >= 11 is 1.68. The molecule has 0 saturated carbocycles. The fourth-order valence-corrected chi connectivity index (χ4v) is 3.54. The molecule has 2 heterocycles. The fourth-order valence-electron chi connectivity index (χ4n) is 2.93. The summed E-state index contributed by atoms with van der Waals surface area (Å²) in [5.74, 6) is 0.765. The molecule has 2 aromatic heterocycles. The fraction of sp³-hybridized carbons (Fsp3) is 0.318. The number of thiazole rings is 1. The number of carbonyl (C=O) groups is 1. The first-order valence-electron chi connectivity index (χ1n) is 9.48. The normalized spacial score (nSPS) is 10.9. The number of benzene rings is 1. The van der Waals surface area contributed by atoms with Crippen LogP contribution in [0.5, 0.6) is 5.75 Å². The minimum absolute atomic E-state index is 0.0373. The van der Waals surface area contributed by atoms with Crippen LogP contribution in [0.1, 0.15) is 26.6 Å². The number of nitrogens with zero attached hydrogens (tertiary/aromatic N) is 4. The van der Waals surface area contributed by atoms with Gasteiger partial charge < -0.3 is 9.64 Å². The molecule has 0 aliphatic heterocycles. The number of carbonyl (C=O) groups excluding carboxylic acids is 1. The second-order valence-electron chi connectivity index (χ2n) is 6.99. The number of amides is 1. The number of ether oxygens (including phenoxy) is 1. The summed E-state index contributed by atoms with van der Waals surface area (Å²) in [6.07, 6.45) is 3.24. The zero-order valence-corrected chi connectivity index (χ0v) is 17.9. The summed E-state index contributed by atoms with van der Waals surface area (Å²) in [6, 6.07) is 11.5. The third-order valence-corrected chi connectivity index (χ3v) is 5.27. The van der Waals surface area contributed by atoms with Crippen molar-refractivity contribution in [3.05, 3.63) is 76.0 Å². The van der Waals surface area contributed by atoms with Gasteiger partial charge in [0.05, 0.1) is 17.2 Å². The van der Waals surface area contributed by atoms with Gasteiger partial charge in [0.15, 0.2) is 0 Å². The van der Waals surface area contributed by atoms with Crippen molar-refractivity contribution in [3.63, 3.8) is 0 Å². The molecule has 0 spiro atoms. The van der Waals surface area contributed by atoms with E-state index in [0.717, 1.165) is 29.5 Å². The highest BCUT2D eigenvalue weighted by Gasteiger charge is 2.11. The highest BCUT2D eigenvalue weighted by Crippen LogP contribution is 2.15. The van der Waals surface area contributed by atoms with Gasteiger partial charge in [-0.2, -0.15) is 0 Å². The van der Waals surface area contributed by atoms with Gasteiger partial charge in [0.1, 0.15) is 12.4 Å². The van der Waals surface area contributed by atoms with Crippen LogP contribution >= 0.6 is 11.3 Å². The molecule has 0 saturated heterocycles. The third-order valence-electron chi connectivity index (χ3n) is 4.44. The van der Waals surface area contributed by atoms with Gasteiger partial charge in [-0.15, -0.1) is 11.3 Å². The molecule has 0 atom stereocenters. The number of likely N-dealkylation sites (N-methyl/N-ethyl adjacent to an activating group) is 1. The third kappa shape index (κ3) is 6.37. The van der Waals surface area contributed by atoms with Crippen LogP contribution in [0.2, 0.25) is 0 Å². The number of rotatable bonds is 9. The first kappa shape index (κ1) is 21.0. The van der Waals surface area contributed by atoms with E-state index in [4.69, 9.17) is 4.74 Å². The van der Waals surface area contributed by atoms with Gasteiger partial charge in [0, 0.05) is 43.5 Å². The van der Waals surface area contributed by atoms with E-state index in [9.17, 15) is 4.79 Å². The highest BCUT2D eigenvalue weighted by molar-refractivity contribution is 7.09. The first-order chi connectivity index (χ1) is 14.0. The molecule has 1 aromatic carbocycles. The molecular weight excluding hydrogens is 384 g/mol. The van der Waals surface area contributed by atoms with Crippen LogP contribution in [0.15, 0.2) is 54.2 Å². The van der Waals surface area contributed by atoms with E-state index in [1.54, 1.807) is 47.8 Å². The number of hydrogen-bond acceptors (Lipinski definition) is 6. The standard InChI is InChI=1S/C22H26N4O2S/c1-17-24-20(16-29-17)15-25(2)14-18-4-6-21(7-5-18)28-13-12-26(3)22(27)19-8-10-23-11-9-19/h4-11,16H,12-15H2,1-3H3. The van der Waals surface area contributed by atoms with E-state index in [1.165, 1.54) is 5.56 Å². The van der Waals surface area contributed by atoms with Gasteiger partial charge >= 0.3 is 0 Å². The molecular formula is C22H26N4O2S. The zero-order chi connectivity index (χ0) is 20.6. The van der Waals surface area contributed by atoms with Crippen LogP contribution < -0.4 is 4.74 Å². The largest absolute Gasteiger partial charge is 0.492 e. The molecule has 0 aliphatic carbocycles. The average molecular weight is 411 g/mol. The molecule has 3 aromatic rings. The van der Waals surface area contributed by atoms with Crippen molar-refractivity contribution in [2.24, 2.45) is 0 Å². The molecule has 6 nitrogen and oxygen atoms in total. The quantitative estimate of drug-likeness (QED) is 0.539. The Morgan fingerprint density at radius 3 is 2.45 bits per heavy atom. The van der Waals surface area contributed by atoms with E-state index < -0.39 is 0 Å². The number of hydrogen-bond donors (Lipinski definition) is 0. The molecule has 3 rings (SSSR count).